The van der Waals surface area contributed by atoms with Crippen LogP contribution in [0.5, 0.6) is 17.4 Å². The highest BCUT2D eigenvalue weighted by atomic mass is 16.5. The van der Waals surface area contributed by atoms with Gasteiger partial charge in [0.1, 0.15) is 0 Å². The van der Waals surface area contributed by atoms with Gasteiger partial charge in [-0.25, -0.2) is 0 Å². The molecule has 3 aromatic rings. The minimum absolute atomic E-state index is 0.0364. The van der Waals surface area contributed by atoms with Crippen LogP contribution in [-0.2, 0) is 17.6 Å². The van der Waals surface area contributed by atoms with E-state index < -0.39 is 0 Å². The van der Waals surface area contributed by atoms with Crippen LogP contribution in [0, 0.1) is 0 Å². The Morgan fingerprint density at radius 3 is 2.69 bits per heavy atom. The van der Waals surface area contributed by atoms with Gasteiger partial charge in [-0.3, -0.25) is 4.79 Å². The molecule has 29 heavy (non-hydrogen) atoms. The topological polar surface area (TPSA) is 99.9 Å². The number of benzene rings is 1. The third-order valence-corrected chi connectivity index (χ3v) is 5.15. The summed E-state index contributed by atoms with van der Waals surface area (Å²) < 4.78 is 17.5. The van der Waals surface area contributed by atoms with Crippen LogP contribution in [0.2, 0.25) is 0 Å². The summed E-state index contributed by atoms with van der Waals surface area (Å²) in [7, 11) is 4.78. The molecule has 0 saturated heterocycles. The van der Waals surface area contributed by atoms with E-state index in [1.807, 2.05) is 12.1 Å². The fourth-order valence-corrected chi connectivity index (χ4v) is 3.66. The van der Waals surface area contributed by atoms with Crippen molar-refractivity contribution in [3.8, 4) is 17.4 Å². The lowest BCUT2D eigenvalue weighted by atomic mass is 10.1. The zero-order chi connectivity index (χ0) is 20.4. The molecule has 1 N–H and O–H groups in total. The van der Waals surface area contributed by atoms with Crippen molar-refractivity contribution in [2.45, 2.75) is 31.7 Å². The van der Waals surface area contributed by atoms with E-state index in [9.17, 15) is 4.79 Å². The van der Waals surface area contributed by atoms with Gasteiger partial charge in [0.25, 0.3) is 0 Å². The Morgan fingerprint density at radius 2 is 1.93 bits per heavy atom. The maximum atomic E-state index is 12.6. The predicted octanol–water partition coefficient (Wildman–Crippen LogP) is 1.89. The number of nitrogens with one attached hydrogen (secondary N) is 1. The molecule has 1 atom stereocenters. The number of hydrogen-bond acceptors (Lipinski definition) is 7. The van der Waals surface area contributed by atoms with Gasteiger partial charge in [0.15, 0.2) is 23.0 Å². The molecule has 0 bridgehead atoms. The molecule has 1 amide bonds. The van der Waals surface area contributed by atoms with Gasteiger partial charge in [0.2, 0.25) is 11.8 Å². The average molecular weight is 397 g/mol. The van der Waals surface area contributed by atoms with Gasteiger partial charge >= 0.3 is 0 Å². The first-order valence-corrected chi connectivity index (χ1v) is 9.42. The Balaban J connectivity index is 1.43. The molecule has 0 unspecified atom stereocenters. The Labute approximate surface area is 168 Å². The number of carbonyl (C=O) groups excluding carboxylic acids is 1. The Bertz CT molecular complexity index is 1050. The van der Waals surface area contributed by atoms with Gasteiger partial charge in [0.05, 0.1) is 27.4 Å². The van der Waals surface area contributed by atoms with Gasteiger partial charge in [0, 0.05) is 18.9 Å². The lowest BCUT2D eigenvalue weighted by molar-refractivity contribution is -0.121. The summed E-state index contributed by atoms with van der Waals surface area (Å²) in [6.45, 7) is 0. The molecule has 0 aliphatic heterocycles. The van der Waals surface area contributed by atoms with Crippen molar-refractivity contribution in [1.29, 1.82) is 0 Å². The molecule has 0 spiro atoms. The zero-order valence-corrected chi connectivity index (χ0v) is 16.6. The van der Waals surface area contributed by atoms with E-state index in [0.717, 1.165) is 18.4 Å². The van der Waals surface area contributed by atoms with Crippen molar-refractivity contribution in [2.75, 3.05) is 21.3 Å². The van der Waals surface area contributed by atoms with E-state index in [0.29, 0.717) is 41.7 Å². The van der Waals surface area contributed by atoms with Crippen LogP contribution >= 0.6 is 0 Å². The van der Waals surface area contributed by atoms with E-state index >= 15 is 0 Å². The third kappa shape index (κ3) is 3.67. The van der Waals surface area contributed by atoms with Crippen LogP contribution < -0.4 is 19.5 Å². The summed E-state index contributed by atoms with van der Waals surface area (Å²) in [5.41, 5.74) is 2.87. The second-order valence-electron chi connectivity index (χ2n) is 6.83. The lowest BCUT2D eigenvalue weighted by Crippen LogP contribution is -2.27. The second-order valence-corrected chi connectivity index (χ2v) is 6.83. The van der Waals surface area contributed by atoms with Crippen molar-refractivity contribution in [3.05, 3.63) is 41.2 Å². The van der Waals surface area contributed by atoms with Crippen LogP contribution in [0.3, 0.4) is 0 Å². The van der Waals surface area contributed by atoms with E-state index in [1.165, 1.54) is 5.56 Å². The zero-order valence-electron chi connectivity index (χ0n) is 16.6. The highest BCUT2D eigenvalue weighted by molar-refractivity contribution is 5.77. The average Bonchev–Trinajstić information content (AvgIpc) is 3.34. The van der Waals surface area contributed by atoms with Gasteiger partial charge in [-0.1, -0.05) is 0 Å². The SMILES string of the molecule is COc1ccc2nnc(CCC(=O)N[C@@H]3CCc4cc(OC)c(OC)cc43)n2n1. The maximum Gasteiger partial charge on any atom is 0.231 e. The number of methoxy groups -OCH3 is 3. The molecular formula is C20H23N5O4. The summed E-state index contributed by atoms with van der Waals surface area (Å²) in [4.78, 5) is 12.6. The molecule has 4 rings (SSSR count). The largest absolute Gasteiger partial charge is 0.493 e. The first-order valence-electron chi connectivity index (χ1n) is 9.42. The monoisotopic (exact) mass is 397 g/mol. The smallest absolute Gasteiger partial charge is 0.231 e. The van der Waals surface area contributed by atoms with Crippen LogP contribution in [0.1, 0.15) is 35.8 Å². The fourth-order valence-electron chi connectivity index (χ4n) is 3.66. The molecular weight excluding hydrogens is 374 g/mol. The molecule has 9 heteroatoms. The molecule has 9 nitrogen and oxygen atoms in total. The molecule has 1 aliphatic rings. The molecule has 2 heterocycles. The molecule has 152 valence electrons. The summed E-state index contributed by atoms with van der Waals surface area (Å²) in [5.74, 6) is 2.42. The first-order chi connectivity index (χ1) is 14.1. The quantitative estimate of drug-likeness (QED) is 0.650. The summed E-state index contributed by atoms with van der Waals surface area (Å²) in [6.07, 6.45) is 2.46. The Hall–Kier alpha value is -3.36. The summed E-state index contributed by atoms with van der Waals surface area (Å²) >= 11 is 0. The number of amides is 1. The number of aromatic nitrogens is 4. The highest BCUT2D eigenvalue weighted by Gasteiger charge is 2.26. The highest BCUT2D eigenvalue weighted by Crippen LogP contribution is 2.39. The number of ether oxygens (including phenoxy) is 3. The number of nitrogens with zero attached hydrogens (tertiary/aromatic N) is 4. The van der Waals surface area contributed by atoms with Crippen molar-refractivity contribution in [1.82, 2.24) is 25.1 Å². The van der Waals surface area contributed by atoms with E-state index in [1.54, 1.807) is 38.0 Å². The number of rotatable bonds is 7. The molecule has 1 aromatic carbocycles. The van der Waals surface area contributed by atoms with E-state index in [4.69, 9.17) is 14.2 Å². The Morgan fingerprint density at radius 1 is 1.14 bits per heavy atom. The molecule has 2 aromatic heterocycles. The number of carbonyl (C=O) groups is 1. The van der Waals surface area contributed by atoms with Crippen LogP contribution in [0.25, 0.3) is 5.65 Å². The van der Waals surface area contributed by atoms with Crippen molar-refractivity contribution >= 4 is 11.6 Å². The predicted molar refractivity (Wildman–Crippen MR) is 104 cm³/mol. The van der Waals surface area contributed by atoms with Crippen molar-refractivity contribution in [3.63, 3.8) is 0 Å². The lowest BCUT2D eigenvalue weighted by Gasteiger charge is -2.16. The van der Waals surface area contributed by atoms with Gasteiger partial charge in [-0.2, -0.15) is 4.52 Å². The maximum absolute atomic E-state index is 12.6. The summed E-state index contributed by atoms with van der Waals surface area (Å²) in [5, 5.41) is 15.6. The summed E-state index contributed by atoms with van der Waals surface area (Å²) in [6, 6.07) is 7.40. The first kappa shape index (κ1) is 19.0. The molecule has 0 saturated carbocycles. The van der Waals surface area contributed by atoms with Gasteiger partial charge in [-0.05, 0) is 42.2 Å². The van der Waals surface area contributed by atoms with Gasteiger partial charge < -0.3 is 19.5 Å². The van der Waals surface area contributed by atoms with Crippen LogP contribution in [0.15, 0.2) is 24.3 Å². The van der Waals surface area contributed by atoms with Gasteiger partial charge in [-0.15, -0.1) is 15.3 Å². The van der Waals surface area contributed by atoms with Crippen molar-refractivity contribution < 1.29 is 19.0 Å². The third-order valence-electron chi connectivity index (χ3n) is 5.15. The molecule has 1 aliphatic carbocycles. The molecule has 0 fully saturated rings. The van der Waals surface area contributed by atoms with E-state index in [-0.39, 0.29) is 11.9 Å². The number of aryl methyl sites for hydroxylation is 2. The van der Waals surface area contributed by atoms with Crippen molar-refractivity contribution in [2.24, 2.45) is 0 Å². The Kier molecular flexibility index (Phi) is 5.20. The molecule has 0 radical (unpaired) electrons. The van der Waals surface area contributed by atoms with Crippen LogP contribution in [-0.4, -0.2) is 47.0 Å². The minimum atomic E-state index is -0.0442. The second kappa shape index (κ2) is 7.94. The number of hydrogen-bond donors (Lipinski definition) is 1. The normalized spacial score (nSPS) is 15.2. The standard InChI is InChI=1S/C20H23N5O4/c1-27-15-10-12-4-5-14(13(12)11-16(15)28-2)21-19(26)8-6-17-22-23-18-7-9-20(29-3)24-25(17)18/h7,9-11,14H,4-6,8H2,1-3H3,(H,21,26)/t14-/m1/s1. The van der Waals surface area contributed by atoms with E-state index in [2.05, 4.69) is 20.6 Å². The van der Waals surface area contributed by atoms with Crippen LogP contribution in [0.4, 0.5) is 0 Å². The minimum Gasteiger partial charge on any atom is -0.493 e. The fraction of sp³-hybridized carbons (Fsp3) is 0.400. The number of fused-ring (bicyclic) bond motifs is 2.